The summed E-state index contributed by atoms with van der Waals surface area (Å²) in [6.07, 6.45) is 4.82. The highest BCUT2D eigenvalue weighted by Gasteiger charge is 2.40. The number of fused-ring (bicyclic) bond motifs is 3. The molecule has 2 unspecified atom stereocenters. The fourth-order valence-electron chi connectivity index (χ4n) is 5.67. The van der Waals surface area contributed by atoms with Crippen LogP contribution in [0.2, 0.25) is 0 Å². The van der Waals surface area contributed by atoms with E-state index < -0.39 is 4.92 Å². The first-order valence-corrected chi connectivity index (χ1v) is 13.3. The Morgan fingerprint density at radius 3 is 2.71 bits per heavy atom. The predicted molar refractivity (Wildman–Crippen MR) is 141 cm³/mol. The molecule has 2 aromatic carbocycles. The van der Waals surface area contributed by atoms with Crippen LogP contribution in [0, 0.1) is 33.7 Å². The minimum atomic E-state index is -0.434. The Balaban J connectivity index is 1.37. The summed E-state index contributed by atoms with van der Waals surface area (Å²) in [5, 5.41) is 15.5. The number of halogens is 2. The molecule has 8 nitrogen and oxygen atoms in total. The number of hydrogen-bond acceptors (Lipinski definition) is 7. The van der Waals surface area contributed by atoms with E-state index in [0.29, 0.717) is 56.8 Å². The van der Waals surface area contributed by atoms with Crippen molar-refractivity contribution in [3.05, 3.63) is 58.2 Å². The van der Waals surface area contributed by atoms with Gasteiger partial charge in [-0.2, -0.15) is 0 Å². The summed E-state index contributed by atoms with van der Waals surface area (Å²) in [4.78, 5) is 22.5. The molecule has 1 saturated heterocycles. The van der Waals surface area contributed by atoms with E-state index in [0.717, 1.165) is 19.5 Å². The molecule has 2 aliphatic rings. The van der Waals surface area contributed by atoms with Crippen LogP contribution >= 0.6 is 22.6 Å². The number of ether oxygens (including phenoxy) is 1. The lowest BCUT2D eigenvalue weighted by Gasteiger charge is -2.36. The van der Waals surface area contributed by atoms with E-state index in [1.54, 1.807) is 18.2 Å². The monoisotopic (exact) mass is 591 g/mol. The Morgan fingerprint density at radius 1 is 1.23 bits per heavy atom. The number of benzene rings is 2. The zero-order valence-corrected chi connectivity index (χ0v) is 21.6. The molecular formula is C25H27FIN5O3. The lowest BCUT2D eigenvalue weighted by Crippen LogP contribution is -2.39. The third-order valence-corrected chi connectivity index (χ3v) is 8.11. The summed E-state index contributed by atoms with van der Waals surface area (Å²) in [7, 11) is 2.18. The topological polar surface area (TPSA) is 93.4 Å². The van der Waals surface area contributed by atoms with Gasteiger partial charge in [0.25, 0.3) is 0 Å². The molecule has 2 atom stereocenters. The first-order chi connectivity index (χ1) is 16.9. The van der Waals surface area contributed by atoms with Crippen LogP contribution in [-0.2, 0) is 4.43 Å². The Morgan fingerprint density at radius 2 is 2.00 bits per heavy atom. The van der Waals surface area contributed by atoms with Crippen LogP contribution < -0.4 is 10.1 Å². The van der Waals surface area contributed by atoms with E-state index in [2.05, 4.69) is 49.8 Å². The van der Waals surface area contributed by atoms with Gasteiger partial charge >= 0.3 is 5.69 Å². The summed E-state index contributed by atoms with van der Waals surface area (Å²) >= 11 is 2.10. The molecule has 3 aromatic rings. The number of anilines is 2. The van der Waals surface area contributed by atoms with Gasteiger partial charge < -0.3 is 15.0 Å². The van der Waals surface area contributed by atoms with Gasteiger partial charge in [-0.05, 0) is 67.8 Å². The highest BCUT2D eigenvalue weighted by molar-refractivity contribution is 14.1. The van der Waals surface area contributed by atoms with Gasteiger partial charge in [0.1, 0.15) is 18.0 Å². The van der Waals surface area contributed by atoms with Crippen molar-refractivity contribution in [1.29, 1.82) is 0 Å². The highest BCUT2D eigenvalue weighted by Crippen LogP contribution is 2.43. The zero-order chi connectivity index (χ0) is 24.5. The second kappa shape index (κ2) is 10.2. The SMILES string of the molecule is CN1CC2CCC(C1)C2CCOc1cc2ncnc(Nc3ccc(F)c(CI)c3)c2cc1[N+](=O)[O-]. The van der Waals surface area contributed by atoms with Crippen molar-refractivity contribution in [2.45, 2.75) is 23.7 Å². The second-order valence-corrected chi connectivity index (χ2v) is 10.3. The maximum absolute atomic E-state index is 13.9. The van der Waals surface area contributed by atoms with Crippen molar-refractivity contribution >= 4 is 50.7 Å². The van der Waals surface area contributed by atoms with E-state index >= 15 is 0 Å². The van der Waals surface area contributed by atoms with E-state index in [9.17, 15) is 14.5 Å². The molecule has 0 radical (unpaired) electrons. The van der Waals surface area contributed by atoms with Gasteiger partial charge in [0, 0.05) is 35.3 Å². The standard InChI is InChI=1S/C25H27FIN5O3/c1-31-12-15-2-3-16(13-31)19(15)6-7-35-24-10-22-20(9-23(24)32(33)34)25(29-14-28-22)30-18-4-5-21(26)17(8-18)11-27/h4-5,8-10,14-16,19H,2-3,6-7,11-13H2,1H3,(H,28,29,30). The van der Waals surface area contributed by atoms with Crippen LogP contribution in [0.15, 0.2) is 36.7 Å². The summed E-state index contributed by atoms with van der Waals surface area (Å²) in [5.41, 5.74) is 1.63. The highest BCUT2D eigenvalue weighted by atomic mass is 127. The Kier molecular flexibility index (Phi) is 7.01. The fraction of sp³-hybridized carbons (Fsp3) is 0.440. The summed E-state index contributed by atoms with van der Waals surface area (Å²) < 4.78 is 20.4. The molecule has 1 N–H and O–H groups in total. The normalized spacial score (nSPS) is 21.9. The van der Waals surface area contributed by atoms with E-state index in [1.807, 2.05) is 0 Å². The molecule has 0 amide bonds. The molecular weight excluding hydrogens is 564 g/mol. The minimum absolute atomic E-state index is 0.117. The largest absolute Gasteiger partial charge is 0.487 e. The van der Waals surface area contributed by atoms with E-state index in [4.69, 9.17) is 4.74 Å². The quantitative estimate of drug-likeness (QED) is 0.155. The predicted octanol–water partition coefficient (Wildman–Crippen LogP) is 5.71. The van der Waals surface area contributed by atoms with E-state index in [1.165, 1.54) is 31.3 Å². The average molecular weight is 591 g/mol. The number of hydrogen-bond donors (Lipinski definition) is 1. The number of piperidine rings is 1. The van der Waals surface area contributed by atoms with Gasteiger partial charge in [-0.25, -0.2) is 14.4 Å². The Bertz CT molecular complexity index is 1250. The molecule has 2 bridgehead atoms. The summed E-state index contributed by atoms with van der Waals surface area (Å²) in [5.74, 6) is 2.36. The van der Waals surface area contributed by atoms with Gasteiger partial charge in [-0.15, -0.1) is 0 Å². The van der Waals surface area contributed by atoms with Crippen molar-refractivity contribution in [3.63, 3.8) is 0 Å². The first-order valence-electron chi connectivity index (χ1n) is 11.8. The number of rotatable bonds is 8. The van der Waals surface area contributed by atoms with Gasteiger partial charge in [-0.1, -0.05) is 22.6 Å². The smallest absolute Gasteiger partial charge is 0.311 e. The second-order valence-electron chi connectivity index (χ2n) is 9.50. The number of alkyl halides is 1. The van der Waals surface area contributed by atoms with Crippen molar-refractivity contribution in [2.75, 3.05) is 32.1 Å². The third-order valence-electron chi connectivity index (χ3n) is 7.29. The molecule has 184 valence electrons. The minimum Gasteiger partial charge on any atom is -0.487 e. The molecule has 1 aliphatic carbocycles. The van der Waals surface area contributed by atoms with E-state index in [-0.39, 0.29) is 17.3 Å². The van der Waals surface area contributed by atoms with Crippen LogP contribution in [0.25, 0.3) is 10.9 Å². The van der Waals surface area contributed by atoms with Gasteiger partial charge in [0.2, 0.25) is 0 Å². The van der Waals surface area contributed by atoms with Crippen LogP contribution in [-0.4, -0.2) is 46.5 Å². The Hall–Kier alpha value is -2.60. The van der Waals surface area contributed by atoms with Gasteiger partial charge in [-0.3, -0.25) is 10.1 Å². The average Bonchev–Trinajstić information content (AvgIpc) is 3.08. The Labute approximate surface area is 216 Å². The van der Waals surface area contributed by atoms with Gasteiger partial charge in [0.15, 0.2) is 5.75 Å². The molecule has 1 saturated carbocycles. The molecule has 0 spiro atoms. The molecule has 35 heavy (non-hydrogen) atoms. The van der Waals surface area contributed by atoms with Crippen LogP contribution in [0.1, 0.15) is 24.8 Å². The number of likely N-dealkylation sites (tertiary alicyclic amines) is 1. The number of aromatic nitrogens is 2. The van der Waals surface area contributed by atoms with Crippen molar-refractivity contribution in [1.82, 2.24) is 14.9 Å². The summed E-state index contributed by atoms with van der Waals surface area (Å²) in [6.45, 7) is 2.69. The maximum atomic E-state index is 13.9. The van der Waals surface area contributed by atoms with Crippen molar-refractivity contribution < 1.29 is 14.1 Å². The number of nitro groups is 1. The maximum Gasteiger partial charge on any atom is 0.311 e. The molecule has 1 aromatic heterocycles. The molecule has 2 fully saturated rings. The molecule has 5 rings (SSSR count). The molecule has 2 heterocycles. The van der Waals surface area contributed by atoms with Crippen LogP contribution in [0.3, 0.4) is 0 Å². The fourth-order valence-corrected chi connectivity index (χ4v) is 6.25. The zero-order valence-electron chi connectivity index (χ0n) is 19.4. The van der Waals surface area contributed by atoms with Crippen LogP contribution in [0.5, 0.6) is 5.75 Å². The van der Waals surface area contributed by atoms with Crippen LogP contribution in [0.4, 0.5) is 21.6 Å². The number of nitrogens with zero attached hydrogens (tertiary/aromatic N) is 4. The number of nitro benzene ring substituents is 1. The molecule has 1 aliphatic heterocycles. The lowest BCUT2D eigenvalue weighted by atomic mass is 9.83. The summed E-state index contributed by atoms with van der Waals surface area (Å²) in [6, 6.07) is 7.78. The molecule has 10 heteroatoms. The van der Waals surface area contributed by atoms with Crippen molar-refractivity contribution in [3.8, 4) is 5.75 Å². The van der Waals surface area contributed by atoms with Gasteiger partial charge in [0.05, 0.1) is 22.4 Å². The third kappa shape index (κ3) is 5.04. The first kappa shape index (κ1) is 24.1. The number of nitrogens with one attached hydrogen (secondary N) is 1. The van der Waals surface area contributed by atoms with Crippen molar-refractivity contribution in [2.24, 2.45) is 17.8 Å². The lowest BCUT2D eigenvalue weighted by molar-refractivity contribution is -0.385.